The van der Waals surface area contributed by atoms with Crippen LogP contribution in [0.3, 0.4) is 0 Å². The van der Waals surface area contributed by atoms with Crippen molar-refractivity contribution in [3.63, 3.8) is 0 Å². The molecule has 1 amide bonds. The maximum atomic E-state index is 11.9. The number of hydrogen-bond donors (Lipinski definition) is 2. The number of allylic oxidation sites excluding steroid dienone is 2. The molecule has 24 heavy (non-hydrogen) atoms. The summed E-state index contributed by atoms with van der Waals surface area (Å²) in [5.74, 6) is 0.0455. The van der Waals surface area contributed by atoms with Crippen molar-refractivity contribution in [2.75, 3.05) is 26.3 Å². The molecule has 0 atom stereocenters. The Morgan fingerprint density at radius 1 is 0.792 bits per heavy atom. The monoisotopic (exact) mass is 341 g/mol. The Kier molecular flexibility index (Phi) is 17.8. The van der Waals surface area contributed by atoms with Gasteiger partial charge in [-0.05, 0) is 32.1 Å². The van der Waals surface area contributed by atoms with Gasteiger partial charge in [0.05, 0.1) is 13.2 Å². The SMILES string of the molecule is CCCCCCC=CCCCCCCCC(=O)N(CCO)CCO. The molecule has 0 aromatic carbocycles. The fourth-order valence-electron chi connectivity index (χ4n) is 2.75. The Hall–Kier alpha value is -0.870. The molecule has 0 aromatic rings. The number of carbonyl (C=O) groups excluding carboxylic acids is 1. The summed E-state index contributed by atoms with van der Waals surface area (Å²) in [6.45, 7) is 2.80. The highest BCUT2D eigenvalue weighted by atomic mass is 16.3. The summed E-state index contributed by atoms with van der Waals surface area (Å²) in [5, 5.41) is 17.8. The van der Waals surface area contributed by atoms with Gasteiger partial charge in [0.15, 0.2) is 0 Å². The van der Waals surface area contributed by atoms with Crippen LogP contribution in [0.25, 0.3) is 0 Å². The number of nitrogens with zero attached hydrogens (tertiary/aromatic N) is 1. The molecule has 0 fully saturated rings. The van der Waals surface area contributed by atoms with Crippen molar-refractivity contribution in [2.24, 2.45) is 0 Å². The van der Waals surface area contributed by atoms with Crippen molar-refractivity contribution in [1.82, 2.24) is 4.90 Å². The van der Waals surface area contributed by atoms with E-state index in [2.05, 4.69) is 19.1 Å². The van der Waals surface area contributed by atoms with Gasteiger partial charge in [0.1, 0.15) is 0 Å². The lowest BCUT2D eigenvalue weighted by molar-refractivity contribution is -0.132. The molecule has 0 unspecified atom stereocenters. The number of hydrogen-bond acceptors (Lipinski definition) is 3. The third-order valence-electron chi connectivity index (χ3n) is 4.24. The van der Waals surface area contributed by atoms with Crippen molar-refractivity contribution in [3.8, 4) is 0 Å². The van der Waals surface area contributed by atoms with E-state index in [1.165, 1.54) is 57.8 Å². The van der Waals surface area contributed by atoms with Gasteiger partial charge in [-0.3, -0.25) is 4.79 Å². The minimum absolute atomic E-state index is 0.0438. The predicted octanol–water partition coefficient (Wildman–Crippen LogP) is 4.06. The van der Waals surface area contributed by atoms with E-state index in [-0.39, 0.29) is 19.1 Å². The number of carbonyl (C=O) groups is 1. The van der Waals surface area contributed by atoms with E-state index in [0.29, 0.717) is 19.5 Å². The topological polar surface area (TPSA) is 60.8 Å². The molecule has 142 valence electrons. The molecule has 0 radical (unpaired) electrons. The lowest BCUT2D eigenvalue weighted by Gasteiger charge is -2.20. The van der Waals surface area contributed by atoms with E-state index < -0.39 is 0 Å². The maximum Gasteiger partial charge on any atom is 0.222 e. The third-order valence-corrected chi connectivity index (χ3v) is 4.24. The van der Waals surface area contributed by atoms with Crippen LogP contribution in [0.1, 0.15) is 84.0 Å². The Morgan fingerprint density at radius 2 is 1.29 bits per heavy atom. The van der Waals surface area contributed by atoms with Crippen molar-refractivity contribution in [2.45, 2.75) is 84.0 Å². The van der Waals surface area contributed by atoms with Gasteiger partial charge < -0.3 is 15.1 Å². The van der Waals surface area contributed by atoms with Gasteiger partial charge in [-0.2, -0.15) is 0 Å². The number of amides is 1. The molecule has 0 aliphatic carbocycles. The minimum atomic E-state index is -0.0438. The summed E-state index contributed by atoms with van der Waals surface area (Å²) in [4.78, 5) is 13.5. The quantitative estimate of drug-likeness (QED) is 0.310. The van der Waals surface area contributed by atoms with E-state index in [1.807, 2.05) is 0 Å². The summed E-state index contributed by atoms with van der Waals surface area (Å²) in [6.07, 6.45) is 18.5. The molecule has 0 aliphatic rings. The van der Waals surface area contributed by atoms with Crippen LogP contribution in [0.15, 0.2) is 12.2 Å². The van der Waals surface area contributed by atoms with Crippen LogP contribution < -0.4 is 0 Å². The van der Waals surface area contributed by atoms with Crippen LogP contribution in [-0.2, 0) is 4.79 Å². The standard InChI is InChI=1S/C20H39NO3/c1-2-3-4-5-6-7-8-9-10-11-12-13-14-15-20(24)21(16-18-22)17-19-23/h7-8,22-23H,2-6,9-19H2,1H3. The molecule has 0 bridgehead atoms. The fourth-order valence-corrected chi connectivity index (χ4v) is 2.75. The first-order valence-corrected chi connectivity index (χ1v) is 9.90. The third kappa shape index (κ3) is 14.7. The Bertz CT molecular complexity index is 299. The summed E-state index contributed by atoms with van der Waals surface area (Å²) >= 11 is 0. The first-order valence-electron chi connectivity index (χ1n) is 9.90. The number of rotatable bonds is 17. The van der Waals surface area contributed by atoms with Crippen LogP contribution >= 0.6 is 0 Å². The zero-order valence-electron chi connectivity index (χ0n) is 15.7. The molecule has 0 spiro atoms. The van der Waals surface area contributed by atoms with Crippen molar-refractivity contribution in [3.05, 3.63) is 12.2 Å². The van der Waals surface area contributed by atoms with Gasteiger partial charge in [0.25, 0.3) is 0 Å². The second-order valence-corrected chi connectivity index (χ2v) is 6.46. The van der Waals surface area contributed by atoms with Crippen molar-refractivity contribution >= 4 is 5.91 Å². The molecular formula is C20H39NO3. The van der Waals surface area contributed by atoms with E-state index in [9.17, 15) is 4.79 Å². The van der Waals surface area contributed by atoms with E-state index in [1.54, 1.807) is 4.90 Å². The van der Waals surface area contributed by atoms with Gasteiger partial charge in [0.2, 0.25) is 5.91 Å². The van der Waals surface area contributed by atoms with Crippen LogP contribution in [0.4, 0.5) is 0 Å². The van der Waals surface area contributed by atoms with Gasteiger partial charge in [-0.25, -0.2) is 0 Å². The average Bonchev–Trinajstić information content (AvgIpc) is 2.58. The lowest BCUT2D eigenvalue weighted by Crippen LogP contribution is -2.35. The molecule has 4 heteroatoms. The highest BCUT2D eigenvalue weighted by Gasteiger charge is 2.11. The Morgan fingerprint density at radius 3 is 1.83 bits per heavy atom. The summed E-state index contributed by atoms with van der Waals surface area (Å²) in [7, 11) is 0. The molecule has 0 heterocycles. The minimum Gasteiger partial charge on any atom is -0.395 e. The molecule has 0 saturated heterocycles. The molecule has 0 aromatic heterocycles. The van der Waals surface area contributed by atoms with Crippen molar-refractivity contribution in [1.29, 1.82) is 0 Å². The highest BCUT2D eigenvalue weighted by Crippen LogP contribution is 2.10. The van der Waals surface area contributed by atoms with Crippen molar-refractivity contribution < 1.29 is 15.0 Å². The molecule has 2 N–H and O–H groups in total. The maximum absolute atomic E-state index is 11.9. The summed E-state index contributed by atoms with van der Waals surface area (Å²) < 4.78 is 0. The molecule has 0 aliphatic heterocycles. The van der Waals surface area contributed by atoms with Crippen LogP contribution in [0.5, 0.6) is 0 Å². The summed E-state index contributed by atoms with van der Waals surface area (Å²) in [6, 6.07) is 0. The second-order valence-electron chi connectivity index (χ2n) is 6.46. The molecule has 0 rings (SSSR count). The van der Waals surface area contributed by atoms with Crippen LogP contribution in [0.2, 0.25) is 0 Å². The largest absolute Gasteiger partial charge is 0.395 e. The van der Waals surface area contributed by atoms with E-state index in [0.717, 1.165) is 12.8 Å². The zero-order valence-corrected chi connectivity index (χ0v) is 15.7. The number of unbranched alkanes of at least 4 members (excludes halogenated alkanes) is 9. The van der Waals surface area contributed by atoms with Gasteiger partial charge in [0, 0.05) is 19.5 Å². The molecule has 4 nitrogen and oxygen atoms in total. The first-order chi connectivity index (χ1) is 11.8. The summed E-state index contributed by atoms with van der Waals surface area (Å²) in [5.41, 5.74) is 0. The normalized spacial score (nSPS) is 11.3. The van der Waals surface area contributed by atoms with Gasteiger partial charge in [-0.1, -0.05) is 57.6 Å². The molecular weight excluding hydrogens is 302 g/mol. The van der Waals surface area contributed by atoms with Gasteiger partial charge in [-0.15, -0.1) is 0 Å². The predicted molar refractivity (Wildman–Crippen MR) is 101 cm³/mol. The highest BCUT2D eigenvalue weighted by molar-refractivity contribution is 5.76. The number of aliphatic hydroxyl groups excluding tert-OH is 2. The number of aliphatic hydroxyl groups is 2. The Balaban J connectivity index is 3.43. The second kappa shape index (κ2) is 18.5. The first kappa shape index (κ1) is 23.1. The fraction of sp³-hybridized carbons (Fsp3) is 0.850. The van der Waals surface area contributed by atoms with Crippen LogP contribution in [-0.4, -0.2) is 47.3 Å². The molecule has 0 saturated carbocycles. The Labute approximate surface area is 148 Å². The van der Waals surface area contributed by atoms with Crippen LogP contribution in [0, 0.1) is 0 Å². The smallest absolute Gasteiger partial charge is 0.222 e. The lowest BCUT2D eigenvalue weighted by atomic mass is 10.1. The van der Waals surface area contributed by atoms with E-state index in [4.69, 9.17) is 10.2 Å². The van der Waals surface area contributed by atoms with Gasteiger partial charge >= 0.3 is 0 Å². The average molecular weight is 342 g/mol. The zero-order chi connectivity index (χ0) is 17.9. The van der Waals surface area contributed by atoms with E-state index >= 15 is 0 Å².